The standard InChI is InChI=1S/C14H16ClN3O2S/c1-18(8-10-4-6-13(15)21-10)12-7-9(20-2)3-5-11(12)14(16)17-19/h3-7,19H,8H2,1-2H3,(H2,16,17). The predicted molar refractivity (Wildman–Crippen MR) is 86.9 cm³/mol. The first-order valence-corrected chi connectivity index (χ1v) is 7.36. The number of amidine groups is 1. The number of nitrogens with two attached hydrogens (primary N) is 1. The van der Waals surface area contributed by atoms with Gasteiger partial charge in [0, 0.05) is 23.6 Å². The van der Waals surface area contributed by atoms with Gasteiger partial charge in [-0.2, -0.15) is 0 Å². The fraction of sp³-hybridized carbons (Fsp3) is 0.214. The van der Waals surface area contributed by atoms with Crippen LogP contribution in [-0.4, -0.2) is 25.2 Å². The van der Waals surface area contributed by atoms with Crippen molar-refractivity contribution in [1.82, 2.24) is 0 Å². The maximum Gasteiger partial charge on any atom is 0.172 e. The molecule has 0 saturated carbocycles. The number of oxime groups is 1. The van der Waals surface area contributed by atoms with Gasteiger partial charge in [-0.15, -0.1) is 11.3 Å². The zero-order valence-corrected chi connectivity index (χ0v) is 13.3. The van der Waals surface area contributed by atoms with Crippen LogP contribution in [0.5, 0.6) is 5.75 Å². The lowest BCUT2D eigenvalue weighted by Gasteiger charge is -2.22. The summed E-state index contributed by atoms with van der Waals surface area (Å²) in [5.41, 5.74) is 7.19. The van der Waals surface area contributed by atoms with Crippen molar-refractivity contribution in [3.63, 3.8) is 0 Å². The van der Waals surface area contributed by atoms with E-state index in [-0.39, 0.29) is 5.84 Å². The first kappa shape index (κ1) is 15.5. The lowest BCUT2D eigenvalue weighted by Crippen LogP contribution is -2.22. The molecule has 5 nitrogen and oxygen atoms in total. The van der Waals surface area contributed by atoms with E-state index in [1.54, 1.807) is 19.2 Å². The summed E-state index contributed by atoms with van der Waals surface area (Å²) in [5, 5.41) is 12.0. The Kier molecular flexibility index (Phi) is 4.93. The van der Waals surface area contributed by atoms with Gasteiger partial charge in [0.1, 0.15) is 5.75 Å². The van der Waals surface area contributed by atoms with Crippen molar-refractivity contribution in [2.75, 3.05) is 19.1 Å². The third-order valence-electron chi connectivity index (χ3n) is 3.02. The van der Waals surface area contributed by atoms with Gasteiger partial charge in [-0.3, -0.25) is 0 Å². The molecule has 0 radical (unpaired) electrons. The number of halogens is 1. The molecular formula is C14H16ClN3O2S. The van der Waals surface area contributed by atoms with Crippen LogP contribution in [0.4, 0.5) is 5.69 Å². The number of nitrogens with zero attached hydrogens (tertiary/aromatic N) is 2. The molecule has 3 N–H and O–H groups in total. The van der Waals surface area contributed by atoms with Crippen molar-refractivity contribution in [2.45, 2.75) is 6.54 Å². The van der Waals surface area contributed by atoms with Crippen molar-refractivity contribution in [1.29, 1.82) is 0 Å². The zero-order valence-electron chi connectivity index (χ0n) is 11.7. The zero-order chi connectivity index (χ0) is 15.4. The smallest absolute Gasteiger partial charge is 0.172 e. The minimum atomic E-state index is 0.0590. The topological polar surface area (TPSA) is 71.1 Å². The Hall–Kier alpha value is -1.92. The highest BCUT2D eigenvalue weighted by Crippen LogP contribution is 2.29. The maximum atomic E-state index is 8.91. The largest absolute Gasteiger partial charge is 0.497 e. The summed E-state index contributed by atoms with van der Waals surface area (Å²) in [6, 6.07) is 9.23. The Labute approximate surface area is 132 Å². The van der Waals surface area contributed by atoms with E-state index in [0.29, 0.717) is 17.9 Å². The van der Waals surface area contributed by atoms with Gasteiger partial charge in [-0.05, 0) is 24.3 Å². The fourth-order valence-electron chi connectivity index (χ4n) is 1.98. The monoisotopic (exact) mass is 325 g/mol. The van der Waals surface area contributed by atoms with Gasteiger partial charge in [-0.1, -0.05) is 16.8 Å². The molecule has 2 aromatic rings. The summed E-state index contributed by atoms with van der Waals surface area (Å²) in [5.74, 6) is 0.763. The molecule has 0 aliphatic heterocycles. The number of hydrogen-bond donors (Lipinski definition) is 2. The van der Waals surface area contributed by atoms with Crippen LogP contribution in [0.25, 0.3) is 0 Å². The van der Waals surface area contributed by atoms with Gasteiger partial charge in [0.05, 0.1) is 23.7 Å². The second kappa shape index (κ2) is 6.69. The summed E-state index contributed by atoms with van der Waals surface area (Å²) in [6.07, 6.45) is 0. The molecule has 0 spiro atoms. The quantitative estimate of drug-likeness (QED) is 0.383. The van der Waals surface area contributed by atoms with Crippen LogP contribution in [0.1, 0.15) is 10.4 Å². The van der Waals surface area contributed by atoms with Crippen LogP contribution >= 0.6 is 22.9 Å². The molecule has 1 heterocycles. The summed E-state index contributed by atoms with van der Waals surface area (Å²) < 4.78 is 5.99. The van der Waals surface area contributed by atoms with Gasteiger partial charge in [0.15, 0.2) is 5.84 Å². The van der Waals surface area contributed by atoms with E-state index in [9.17, 15) is 0 Å². The molecule has 112 valence electrons. The van der Waals surface area contributed by atoms with Crippen molar-refractivity contribution in [3.05, 3.63) is 45.1 Å². The number of ether oxygens (including phenoxy) is 1. The molecule has 0 atom stereocenters. The molecular weight excluding hydrogens is 310 g/mol. The van der Waals surface area contributed by atoms with Gasteiger partial charge >= 0.3 is 0 Å². The normalized spacial score (nSPS) is 11.5. The lowest BCUT2D eigenvalue weighted by molar-refractivity contribution is 0.318. The Bertz CT molecular complexity index is 657. The molecule has 21 heavy (non-hydrogen) atoms. The number of thiophene rings is 1. The van der Waals surface area contributed by atoms with Gasteiger partial charge < -0.3 is 20.6 Å². The molecule has 0 bridgehead atoms. The average molecular weight is 326 g/mol. The van der Waals surface area contributed by atoms with Crippen molar-refractivity contribution >= 4 is 34.5 Å². The van der Waals surface area contributed by atoms with E-state index >= 15 is 0 Å². The molecule has 2 rings (SSSR count). The van der Waals surface area contributed by atoms with E-state index < -0.39 is 0 Å². The minimum absolute atomic E-state index is 0.0590. The molecule has 0 aliphatic carbocycles. The molecule has 0 aliphatic rings. The van der Waals surface area contributed by atoms with E-state index in [1.807, 2.05) is 30.1 Å². The SMILES string of the molecule is COc1ccc(/C(N)=N/O)c(N(C)Cc2ccc(Cl)s2)c1. The minimum Gasteiger partial charge on any atom is -0.497 e. The summed E-state index contributed by atoms with van der Waals surface area (Å²) >= 11 is 7.47. The molecule has 0 saturated heterocycles. The van der Waals surface area contributed by atoms with Crippen LogP contribution in [0.15, 0.2) is 35.5 Å². The number of methoxy groups -OCH3 is 1. The van der Waals surface area contributed by atoms with Crippen molar-refractivity contribution < 1.29 is 9.94 Å². The molecule has 0 fully saturated rings. The van der Waals surface area contributed by atoms with Gasteiger partial charge in [0.2, 0.25) is 0 Å². The van der Waals surface area contributed by atoms with E-state index in [1.165, 1.54) is 11.3 Å². The van der Waals surface area contributed by atoms with Crippen LogP contribution < -0.4 is 15.4 Å². The Morgan fingerprint density at radius 1 is 1.43 bits per heavy atom. The maximum absolute atomic E-state index is 8.91. The molecule has 1 aromatic heterocycles. The number of benzene rings is 1. The van der Waals surface area contributed by atoms with Gasteiger partial charge in [-0.25, -0.2) is 0 Å². The van der Waals surface area contributed by atoms with Crippen LogP contribution in [-0.2, 0) is 6.54 Å². The van der Waals surface area contributed by atoms with E-state index in [2.05, 4.69) is 5.16 Å². The molecule has 7 heteroatoms. The summed E-state index contributed by atoms with van der Waals surface area (Å²) in [6.45, 7) is 0.663. The van der Waals surface area contributed by atoms with Crippen molar-refractivity contribution in [2.24, 2.45) is 10.9 Å². The third-order valence-corrected chi connectivity index (χ3v) is 4.24. The van der Waals surface area contributed by atoms with Crippen LogP contribution in [0.2, 0.25) is 4.34 Å². The second-order valence-electron chi connectivity index (χ2n) is 4.43. The predicted octanol–water partition coefficient (Wildman–Crippen LogP) is 3.14. The van der Waals surface area contributed by atoms with E-state index in [0.717, 1.165) is 14.9 Å². The van der Waals surface area contributed by atoms with Crippen LogP contribution in [0, 0.1) is 0 Å². The number of anilines is 1. The molecule has 0 unspecified atom stereocenters. The molecule has 0 amide bonds. The first-order valence-electron chi connectivity index (χ1n) is 6.16. The van der Waals surface area contributed by atoms with Crippen molar-refractivity contribution in [3.8, 4) is 5.75 Å². The highest BCUT2D eigenvalue weighted by Gasteiger charge is 2.13. The first-order chi connectivity index (χ1) is 10.0. The van der Waals surface area contributed by atoms with Gasteiger partial charge in [0.25, 0.3) is 0 Å². The summed E-state index contributed by atoms with van der Waals surface area (Å²) in [7, 11) is 3.53. The fourth-order valence-corrected chi connectivity index (χ4v) is 3.12. The Balaban J connectivity index is 2.35. The Morgan fingerprint density at radius 2 is 2.19 bits per heavy atom. The lowest BCUT2D eigenvalue weighted by atomic mass is 10.1. The summed E-state index contributed by atoms with van der Waals surface area (Å²) in [4.78, 5) is 3.12. The average Bonchev–Trinajstić information content (AvgIpc) is 2.90. The second-order valence-corrected chi connectivity index (χ2v) is 6.23. The van der Waals surface area contributed by atoms with E-state index in [4.69, 9.17) is 27.3 Å². The number of rotatable bonds is 5. The van der Waals surface area contributed by atoms with Crippen LogP contribution in [0.3, 0.4) is 0 Å². The molecule has 1 aromatic carbocycles. The third kappa shape index (κ3) is 3.59. The highest BCUT2D eigenvalue weighted by atomic mass is 35.5. The Morgan fingerprint density at radius 3 is 2.76 bits per heavy atom. The number of hydrogen-bond acceptors (Lipinski definition) is 5. The highest BCUT2D eigenvalue weighted by molar-refractivity contribution is 7.16.